The Morgan fingerprint density at radius 2 is 1.67 bits per heavy atom. The van der Waals surface area contributed by atoms with Crippen molar-refractivity contribution in [2.75, 3.05) is 0 Å². The Labute approximate surface area is 161 Å². The minimum atomic E-state index is -0.242. The third-order valence-electron chi connectivity index (χ3n) is 6.71. The van der Waals surface area contributed by atoms with Gasteiger partial charge in [0.25, 0.3) is 5.91 Å². The molecule has 0 spiro atoms. The van der Waals surface area contributed by atoms with Gasteiger partial charge in [0.05, 0.1) is 6.42 Å². The summed E-state index contributed by atoms with van der Waals surface area (Å²) in [6.45, 7) is 3.68. The molecule has 4 aliphatic rings. The molecule has 4 bridgehead atoms. The average Bonchev–Trinajstić information content (AvgIpc) is 2.62. The van der Waals surface area contributed by atoms with Crippen LogP contribution < -0.4 is 10.7 Å². The molecular weight excluding hydrogens is 338 g/mol. The normalized spacial score (nSPS) is 31.6. The maximum atomic E-state index is 12.5. The second-order valence-corrected chi connectivity index (χ2v) is 8.80. The molecule has 5 nitrogen and oxygen atoms in total. The number of hydrazone groups is 1. The molecule has 0 radical (unpaired) electrons. The van der Waals surface area contributed by atoms with Gasteiger partial charge in [0.1, 0.15) is 0 Å². The van der Waals surface area contributed by atoms with Gasteiger partial charge in [-0.15, -0.1) is 0 Å². The van der Waals surface area contributed by atoms with E-state index < -0.39 is 0 Å². The van der Waals surface area contributed by atoms with Gasteiger partial charge in [-0.25, -0.2) is 5.43 Å². The van der Waals surface area contributed by atoms with Crippen LogP contribution >= 0.6 is 0 Å². The van der Waals surface area contributed by atoms with Crippen molar-refractivity contribution in [3.63, 3.8) is 0 Å². The monoisotopic (exact) mass is 367 g/mol. The molecule has 5 heteroatoms. The molecule has 2 N–H and O–H groups in total. The van der Waals surface area contributed by atoms with Crippen molar-refractivity contribution >= 4 is 17.5 Å². The van der Waals surface area contributed by atoms with Gasteiger partial charge in [-0.2, -0.15) is 5.10 Å². The molecule has 1 aromatic rings. The first-order valence-corrected chi connectivity index (χ1v) is 10.2. The standard InChI is InChI=1S/C22H29N3O2/c1-13-5-3-4-6-19(13)22(27)25-24-14(2)7-20(26)23-21-17-9-15-8-16(11-17)12-18(21)10-15/h3-6,15-18,21H,7-12H2,1-2H3,(H,23,26)(H,25,27). The lowest BCUT2D eigenvalue weighted by Crippen LogP contribution is -2.56. The molecule has 144 valence electrons. The van der Waals surface area contributed by atoms with Crippen LogP contribution in [0.5, 0.6) is 0 Å². The average molecular weight is 367 g/mol. The first-order valence-electron chi connectivity index (χ1n) is 10.2. The summed E-state index contributed by atoms with van der Waals surface area (Å²) in [7, 11) is 0. The van der Waals surface area contributed by atoms with E-state index in [0.29, 0.717) is 29.2 Å². The second-order valence-electron chi connectivity index (χ2n) is 8.80. The lowest BCUT2D eigenvalue weighted by molar-refractivity contribution is -0.123. The van der Waals surface area contributed by atoms with Crippen LogP contribution in [0.2, 0.25) is 0 Å². The minimum absolute atomic E-state index is 0.0267. The molecule has 0 atom stereocenters. The zero-order chi connectivity index (χ0) is 19.0. The Hall–Kier alpha value is -2.17. The Morgan fingerprint density at radius 1 is 1.04 bits per heavy atom. The predicted molar refractivity (Wildman–Crippen MR) is 105 cm³/mol. The number of aryl methyl sites for hydroxylation is 1. The van der Waals surface area contributed by atoms with E-state index in [9.17, 15) is 9.59 Å². The molecule has 0 heterocycles. The fraction of sp³-hybridized carbons (Fsp3) is 0.591. The third kappa shape index (κ3) is 3.92. The summed E-state index contributed by atoms with van der Waals surface area (Å²) < 4.78 is 0. The van der Waals surface area contributed by atoms with E-state index in [0.717, 1.165) is 17.4 Å². The minimum Gasteiger partial charge on any atom is -0.352 e. The summed E-state index contributed by atoms with van der Waals surface area (Å²) in [6, 6.07) is 7.74. The largest absolute Gasteiger partial charge is 0.352 e. The number of nitrogens with zero attached hydrogens (tertiary/aromatic N) is 1. The van der Waals surface area contributed by atoms with Gasteiger partial charge in [0.15, 0.2) is 0 Å². The second kappa shape index (κ2) is 7.45. The lowest BCUT2D eigenvalue weighted by Gasteiger charge is -2.54. The van der Waals surface area contributed by atoms with E-state index in [4.69, 9.17) is 0 Å². The summed E-state index contributed by atoms with van der Waals surface area (Å²) >= 11 is 0. The molecule has 0 aliphatic heterocycles. The van der Waals surface area contributed by atoms with Gasteiger partial charge < -0.3 is 5.32 Å². The number of benzene rings is 1. The highest BCUT2D eigenvalue weighted by Crippen LogP contribution is 2.53. The fourth-order valence-electron chi connectivity index (χ4n) is 5.70. The number of rotatable bonds is 5. The number of amides is 2. The molecule has 4 aliphatic carbocycles. The highest BCUT2D eigenvalue weighted by molar-refractivity contribution is 6.01. The van der Waals surface area contributed by atoms with Gasteiger partial charge in [-0.1, -0.05) is 18.2 Å². The molecule has 2 amide bonds. The summed E-state index contributed by atoms with van der Waals surface area (Å²) in [5.41, 5.74) is 4.70. The van der Waals surface area contributed by atoms with E-state index >= 15 is 0 Å². The van der Waals surface area contributed by atoms with Crippen LogP contribution in [0.15, 0.2) is 29.4 Å². The number of nitrogens with one attached hydrogen (secondary N) is 2. The van der Waals surface area contributed by atoms with Crippen LogP contribution in [0.4, 0.5) is 0 Å². The third-order valence-corrected chi connectivity index (χ3v) is 6.71. The van der Waals surface area contributed by atoms with Crippen molar-refractivity contribution in [1.29, 1.82) is 0 Å². The quantitative estimate of drug-likeness (QED) is 0.618. The maximum Gasteiger partial charge on any atom is 0.271 e. The Balaban J connectivity index is 1.30. The van der Waals surface area contributed by atoms with Crippen LogP contribution in [0.25, 0.3) is 0 Å². The van der Waals surface area contributed by atoms with E-state index in [1.165, 1.54) is 32.1 Å². The number of carbonyl (C=O) groups excluding carboxylic acids is 2. The molecule has 5 rings (SSSR count). The molecule has 1 aromatic carbocycles. The summed E-state index contributed by atoms with van der Waals surface area (Å²) in [5.74, 6) is 2.93. The van der Waals surface area contributed by atoms with Gasteiger partial charge in [-0.05, 0) is 81.3 Å². The van der Waals surface area contributed by atoms with Crippen LogP contribution in [0, 0.1) is 30.6 Å². The fourth-order valence-corrected chi connectivity index (χ4v) is 5.70. The summed E-state index contributed by atoms with van der Waals surface area (Å²) in [4.78, 5) is 24.7. The van der Waals surface area contributed by atoms with Crippen LogP contribution in [-0.4, -0.2) is 23.6 Å². The van der Waals surface area contributed by atoms with Crippen molar-refractivity contribution < 1.29 is 9.59 Å². The Morgan fingerprint density at radius 3 is 2.30 bits per heavy atom. The van der Waals surface area contributed by atoms with Crippen LogP contribution in [-0.2, 0) is 4.79 Å². The van der Waals surface area contributed by atoms with Gasteiger partial charge in [-0.3, -0.25) is 9.59 Å². The first kappa shape index (κ1) is 18.2. The highest BCUT2D eigenvalue weighted by Gasteiger charge is 2.48. The Kier molecular flexibility index (Phi) is 5.02. The van der Waals surface area contributed by atoms with E-state index in [2.05, 4.69) is 15.8 Å². The van der Waals surface area contributed by atoms with Crippen LogP contribution in [0.1, 0.15) is 61.4 Å². The summed E-state index contributed by atoms with van der Waals surface area (Å²) in [6.07, 6.45) is 6.81. The summed E-state index contributed by atoms with van der Waals surface area (Å²) in [5, 5.41) is 7.41. The SMILES string of the molecule is CC(CC(=O)NC1C2CC3CC(C2)CC1C3)=NNC(=O)c1ccccc1C. The number of hydrogen-bond donors (Lipinski definition) is 2. The van der Waals surface area contributed by atoms with Crippen molar-refractivity contribution in [3.05, 3.63) is 35.4 Å². The maximum absolute atomic E-state index is 12.5. The zero-order valence-corrected chi connectivity index (χ0v) is 16.2. The van der Waals surface area contributed by atoms with Gasteiger partial charge in [0.2, 0.25) is 5.91 Å². The number of carbonyl (C=O) groups is 2. The smallest absolute Gasteiger partial charge is 0.271 e. The molecule has 4 fully saturated rings. The topological polar surface area (TPSA) is 70.6 Å². The van der Waals surface area contributed by atoms with Crippen molar-refractivity contribution in [2.45, 2.75) is 58.4 Å². The van der Waals surface area contributed by atoms with E-state index in [-0.39, 0.29) is 18.2 Å². The van der Waals surface area contributed by atoms with E-state index in [1.807, 2.05) is 25.1 Å². The molecular formula is C22H29N3O2. The van der Waals surface area contributed by atoms with E-state index in [1.54, 1.807) is 13.0 Å². The molecule has 0 aromatic heterocycles. The van der Waals surface area contributed by atoms with Crippen molar-refractivity contribution in [2.24, 2.45) is 28.8 Å². The molecule has 4 saturated carbocycles. The zero-order valence-electron chi connectivity index (χ0n) is 16.2. The lowest BCUT2D eigenvalue weighted by atomic mass is 9.54. The Bertz CT molecular complexity index is 743. The predicted octanol–water partition coefficient (Wildman–Crippen LogP) is 3.43. The number of hydrogen-bond acceptors (Lipinski definition) is 3. The van der Waals surface area contributed by atoms with Gasteiger partial charge in [0, 0.05) is 17.3 Å². The van der Waals surface area contributed by atoms with Gasteiger partial charge >= 0.3 is 0 Å². The molecule has 0 saturated heterocycles. The molecule has 0 unspecified atom stereocenters. The first-order chi connectivity index (χ1) is 13.0. The molecule has 27 heavy (non-hydrogen) atoms. The van der Waals surface area contributed by atoms with Crippen molar-refractivity contribution in [1.82, 2.24) is 10.7 Å². The van der Waals surface area contributed by atoms with Crippen LogP contribution in [0.3, 0.4) is 0 Å². The highest BCUT2D eigenvalue weighted by atomic mass is 16.2. The van der Waals surface area contributed by atoms with Crippen molar-refractivity contribution in [3.8, 4) is 0 Å².